The van der Waals surface area contributed by atoms with E-state index in [1.165, 1.54) is 0 Å². The molecule has 1 aromatic carbocycles. The van der Waals surface area contributed by atoms with Gasteiger partial charge in [0.25, 0.3) is 0 Å². The van der Waals surface area contributed by atoms with Crippen molar-refractivity contribution in [1.29, 1.82) is 0 Å². The number of benzene rings is 1. The molecule has 0 aliphatic carbocycles. The maximum atomic E-state index is 6.08. The third kappa shape index (κ3) is 2.55. The predicted molar refractivity (Wildman–Crippen MR) is 61.5 cm³/mol. The maximum absolute atomic E-state index is 6.08. The molecule has 0 unspecified atom stereocenters. The fraction of sp³-hybridized carbons (Fsp3) is 0.400. The zero-order chi connectivity index (χ0) is 10.7. The Morgan fingerprint density at radius 1 is 1.36 bits per heavy atom. The van der Waals surface area contributed by atoms with E-state index in [0.29, 0.717) is 16.5 Å². The van der Waals surface area contributed by atoms with Crippen molar-refractivity contribution in [3.8, 4) is 11.5 Å². The van der Waals surface area contributed by atoms with Gasteiger partial charge in [-0.25, -0.2) is 0 Å². The molecule has 0 amide bonds. The van der Waals surface area contributed by atoms with Crippen LogP contribution in [0, 0.1) is 0 Å². The Morgan fingerprint density at radius 2 is 2.00 bits per heavy atom. The Bertz CT molecular complexity index is 326. The quantitative estimate of drug-likeness (QED) is 0.835. The molecular weight excluding hydrogens is 267 g/mol. The normalized spacial score (nSPS) is 10.4. The molecule has 0 aliphatic heterocycles. The molecular formula is C10H12BrClO2. The Hall–Kier alpha value is -0.410. The number of hydrogen-bond donors (Lipinski definition) is 0. The number of rotatable bonds is 3. The third-order valence-electron chi connectivity index (χ3n) is 1.59. The fourth-order valence-corrected chi connectivity index (χ4v) is 1.84. The lowest BCUT2D eigenvalue weighted by molar-refractivity contribution is 0.240. The van der Waals surface area contributed by atoms with E-state index in [2.05, 4.69) is 15.9 Å². The molecule has 14 heavy (non-hydrogen) atoms. The van der Waals surface area contributed by atoms with Crippen molar-refractivity contribution in [3.63, 3.8) is 0 Å². The van der Waals surface area contributed by atoms with Crippen molar-refractivity contribution in [2.75, 3.05) is 7.11 Å². The smallest absolute Gasteiger partial charge is 0.156 e. The molecule has 0 N–H and O–H groups in total. The van der Waals surface area contributed by atoms with Crippen LogP contribution in [-0.4, -0.2) is 13.2 Å². The highest BCUT2D eigenvalue weighted by atomic mass is 79.9. The van der Waals surface area contributed by atoms with Gasteiger partial charge in [0.1, 0.15) is 10.8 Å². The zero-order valence-corrected chi connectivity index (χ0v) is 10.6. The van der Waals surface area contributed by atoms with Crippen LogP contribution in [0.15, 0.2) is 16.6 Å². The van der Waals surface area contributed by atoms with Crippen molar-refractivity contribution in [1.82, 2.24) is 0 Å². The second-order valence-electron chi connectivity index (χ2n) is 3.06. The molecule has 0 aromatic heterocycles. The molecule has 0 spiro atoms. The predicted octanol–water partition coefficient (Wildman–Crippen LogP) is 3.90. The second kappa shape index (κ2) is 4.89. The molecule has 78 valence electrons. The molecule has 0 bridgehead atoms. The van der Waals surface area contributed by atoms with Gasteiger partial charge >= 0.3 is 0 Å². The first kappa shape index (κ1) is 11.7. The van der Waals surface area contributed by atoms with Gasteiger partial charge in [-0.05, 0) is 41.9 Å². The van der Waals surface area contributed by atoms with Crippen LogP contribution in [-0.2, 0) is 0 Å². The van der Waals surface area contributed by atoms with Crippen molar-refractivity contribution < 1.29 is 9.47 Å². The van der Waals surface area contributed by atoms with E-state index >= 15 is 0 Å². The Labute approximate surface area is 97.3 Å². The maximum Gasteiger partial charge on any atom is 0.156 e. The van der Waals surface area contributed by atoms with Crippen LogP contribution < -0.4 is 9.47 Å². The van der Waals surface area contributed by atoms with Gasteiger partial charge in [0.15, 0.2) is 5.75 Å². The van der Waals surface area contributed by atoms with Crippen LogP contribution in [0.2, 0.25) is 5.02 Å². The third-order valence-corrected chi connectivity index (χ3v) is 2.57. The first-order valence-corrected chi connectivity index (χ1v) is 5.42. The average molecular weight is 280 g/mol. The molecule has 1 aromatic rings. The number of halogens is 2. The second-order valence-corrected chi connectivity index (χ2v) is 4.29. The van der Waals surface area contributed by atoms with Gasteiger partial charge in [0.05, 0.1) is 17.7 Å². The van der Waals surface area contributed by atoms with Crippen LogP contribution in [0.1, 0.15) is 13.8 Å². The lowest BCUT2D eigenvalue weighted by Gasteiger charge is -2.14. The SMILES string of the molecule is COc1ccc(Br)c(OC(C)C)c1Cl. The number of methoxy groups -OCH3 is 1. The summed E-state index contributed by atoms with van der Waals surface area (Å²) in [5.41, 5.74) is 0. The van der Waals surface area contributed by atoms with Crippen LogP contribution in [0.5, 0.6) is 11.5 Å². The highest BCUT2D eigenvalue weighted by molar-refractivity contribution is 9.10. The summed E-state index contributed by atoms with van der Waals surface area (Å²) >= 11 is 9.45. The van der Waals surface area contributed by atoms with Gasteiger partial charge in [-0.2, -0.15) is 0 Å². The first-order chi connectivity index (χ1) is 6.56. The van der Waals surface area contributed by atoms with Crippen LogP contribution in [0.3, 0.4) is 0 Å². The molecule has 0 radical (unpaired) electrons. The van der Waals surface area contributed by atoms with E-state index < -0.39 is 0 Å². The summed E-state index contributed by atoms with van der Waals surface area (Å²) in [5.74, 6) is 1.24. The highest BCUT2D eigenvalue weighted by Gasteiger charge is 2.13. The first-order valence-electron chi connectivity index (χ1n) is 4.25. The minimum Gasteiger partial charge on any atom is -0.495 e. The summed E-state index contributed by atoms with van der Waals surface area (Å²) in [5, 5.41) is 0.496. The summed E-state index contributed by atoms with van der Waals surface area (Å²) in [6.45, 7) is 3.89. The summed E-state index contributed by atoms with van der Waals surface area (Å²) in [6.07, 6.45) is 0.0795. The van der Waals surface area contributed by atoms with E-state index in [1.807, 2.05) is 19.9 Å². The summed E-state index contributed by atoms with van der Waals surface area (Å²) < 4.78 is 11.5. The van der Waals surface area contributed by atoms with Gasteiger partial charge in [-0.1, -0.05) is 11.6 Å². The van der Waals surface area contributed by atoms with E-state index in [9.17, 15) is 0 Å². The summed E-state index contributed by atoms with van der Waals surface area (Å²) in [6, 6.07) is 3.64. The van der Waals surface area contributed by atoms with E-state index in [-0.39, 0.29) is 6.10 Å². The standard InChI is InChI=1S/C10H12BrClO2/c1-6(2)14-10-7(11)4-5-8(13-3)9(10)12/h4-6H,1-3H3. The monoisotopic (exact) mass is 278 g/mol. The van der Waals surface area contributed by atoms with Crippen LogP contribution in [0.25, 0.3) is 0 Å². The molecule has 0 heterocycles. The van der Waals surface area contributed by atoms with Crippen molar-refractivity contribution >= 4 is 27.5 Å². The Kier molecular flexibility index (Phi) is 4.08. The molecule has 0 aliphatic rings. The molecule has 1 rings (SSSR count). The Morgan fingerprint density at radius 3 is 2.50 bits per heavy atom. The van der Waals surface area contributed by atoms with Crippen LogP contribution in [0.4, 0.5) is 0 Å². The van der Waals surface area contributed by atoms with Gasteiger partial charge in [0, 0.05) is 0 Å². The van der Waals surface area contributed by atoms with Crippen molar-refractivity contribution in [2.45, 2.75) is 20.0 Å². The molecule has 0 atom stereocenters. The lowest BCUT2D eigenvalue weighted by atomic mass is 10.3. The van der Waals surface area contributed by atoms with Crippen LogP contribution >= 0.6 is 27.5 Å². The zero-order valence-electron chi connectivity index (χ0n) is 8.30. The van der Waals surface area contributed by atoms with Gasteiger partial charge < -0.3 is 9.47 Å². The van der Waals surface area contributed by atoms with Gasteiger partial charge in [-0.3, -0.25) is 0 Å². The molecule has 2 nitrogen and oxygen atoms in total. The number of hydrogen-bond acceptors (Lipinski definition) is 2. The minimum absolute atomic E-state index is 0.0795. The highest BCUT2D eigenvalue weighted by Crippen LogP contribution is 2.40. The number of ether oxygens (including phenoxy) is 2. The largest absolute Gasteiger partial charge is 0.495 e. The summed E-state index contributed by atoms with van der Waals surface area (Å²) in [4.78, 5) is 0. The lowest BCUT2D eigenvalue weighted by Crippen LogP contribution is -2.06. The Balaban J connectivity index is 3.11. The molecule has 0 saturated carbocycles. The molecule has 0 fully saturated rings. The topological polar surface area (TPSA) is 18.5 Å². The summed E-state index contributed by atoms with van der Waals surface area (Å²) in [7, 11) is 1.58. The van der Waals surface area contributed by atoms with E-state index in [4.69, 9.17) is 21.1 Å². The average Bonchev–Trinajstić information content (AvgIpc) is 2.12. The van der Waals surface area contributed by atoms with Gasteiger partial charge in [-0.15, -0.1) is 0 Å². The molecule has 4 heteroatoms. The van der Waals surface area contributed by atoms with Gasteiger partial charge in [0.2, 0.25) is 0 Å². The molecule has 0 saturated heterocycles. The van der Waals surface area contributed by atoms with Crippen molar-refractivity contribution in [2.24, 2.45) is 0 Å². The fourth-order valence-electron chi connectivity index (χ4n) is 1.02. The van der Waals surface area contributed by atoms with E-state index in [1.54, 1.807) is 13.2 Å². The minimum atomic E-state index is 0.0795. The van der Waals surface area contributed by atoms with Crippen molar-refractivity contribution in [3.05, 3.63) is 21.6 Å². The van der Waals surface area contributed by atoms with E-state index in [0.717, 1.165) is 4.47 Å².